The number of benzene rings is 1. The van der Waals surface area contributed by atoms with Crippen molar-refractivity contribution in [3.05, 3.63) is 35.9 Å². The van der Waals surface area contributed by atoms with E-state index < -0.39 is 5.60 Å². The molecule has 1 aliphatic heterocycles. The lowest BCUT2D eigenvalue weighted by Crippen LogP contribution is -2.41. The molecule has 0 spiro atoms. The van der Waals surface area contributed by atoms with Gasteiger partial charge in [-0.1, -0.05) is 37.3 Å². The summed E-state index contributed by atoms with van der Waals surface area (Å²) in [6, 6.07) is 10.2. The van der Waals surface area contributed by atoms with Crippen LogP contribution < -0.4 is 0 Å². The van der Waals surface area contributed by atoms with Crippen molar-refractivity contribution in [2.75, 3.05) is 13.6 Å². The number of rotatable bonds is 1. The predicted octanol–water partition coefficient (Wildman–Crippen LogP) is 1.84. The van der Waals surface area contributed by atoms with Crippen molar-refractivity contribution in [3.8, 4) is 0 Å². The standard InChI is InChI=1S/C13H19NO/c1-10-9-14(3)11(2)13(10,15)12-7-5-4-6-8-12/h4-8,10-11,15H,9H2,1-3H3. The SMILES string of the molecule is CC1CN(C)C(C)C1(O)c1ccccc1. The Hall–Kier alpha value is -0.860. The van der Waals surface area contributed by atoms with Gasteiger partial charge in [-0.15, -0.1) is 0 Å². The van der Waals surface area contributed by atoms with Crippen molar-refractivity contribution in [2.24, 2.45) is 5.92 Å². The Bertz CT molecular complexity index is 338. The van der Waals surface area contributed by atoms with Crippen LogP contribution in [0.5, 0.6) is 0 Å². The van der Waals surface area contributed by atoms with Crippen molar-refractivity contribution in [1.82, 2.24) is 4.90 Å². The van der Waals surface area contributed by atoms with E-state index in [1.807, 2.05) is 30.3 Å². The van der Waals surface area contributed by atoms with Crippen LogP contribution in [0.4, 0.5) is 0 Å². The zero-order valence-electron chi connectivity index (χ0n) is 9.64. The van der Waals surface area contributed by atoms with Gasteiger partial charge in [0, 0.05) is 18.5 Å². The average Bonchev–Trinajstić information content (AvgIpc) is 2.45. The molecule has 3 unspecified atom stereocenters. The normalized spacial score (nSPS) is 37.1. The van der Waals surface area contributed by atoms with E-state index in [4.69, 9.17) is 0 Å². The first kappa shape index (κ1) is 10.7. The maximum atomic E-state index is 10.8. The van der Waals surface area contributed by atoms with Gasteiger partial charge in [0.2, 0.25) is 0 Å². The summed E-state index contributed by atoms with van der Waals surface area (Å²) in [4.78, 5) is 2.22. The molecule has 0 radical (unpaired) electrons. The van der Waals surface area contributed by atoms with Crippen LogP contribution >= 0.6 is 0 Å². The van der Waals surface area contributed by atoms with E-state index in [9.17, 15) is 5.11 Å². The van der Waals surface area contributed by atoms with Gasteiger partial charge in [0.15, 0.2) is 0 Å². The summed E-state index contributed by atoms with van der Waals surface area (Å²) in [7, 11) is 2.07. The number of likely N-dealkylation sites (N-methyl/N-ethyl adjacent to an activating group) is 1. The molecule has 1 aromatic carbocycles. The Labute approximate surface area is 91.5 Å². The minimum absolute atomic E-state index is 0.176. The molecule has 1 aromatic rings. The molecule has 0 bridgehead atoms. The van der Waals surface area contributed by atoms with E-state index in [1.165, 1.54) is 0 Å². The van der Waals surface area contributed by atoms with Crippen molar-refractivity contribution < 1.29 is 5.11 Å². The molecule has 2 rings (SSSR count). The van der Waals surface area contributed by atoms with Gasteiger partial charge in [-0.05, 0) is 19.5 Å². The van der Waals surface area contributed by atoms with Crippen LogP contribution in [-0.2, 0) is 5.60 Å². The van der Waals surface area contributed by atoms with E-state index in [-0.39, 0.29) is 12.0 Å². The average molecular weight is 205 g/mol. The summed E-state index contributed by atoms with van der Waals surface area (Å²) >= 11 is 0. The Kier molecular flexibility index (Phi) is 2.57. The number of aliphatic hydroxyl groups is 1. The molecule has 3 atom stereocenters. The van der Waals surface area contributed by atoms with Crippen LogP contribution in [0.15, 0.2) is 30.3 Å². The number of hydrogen-bond acceptors (Lipinski definition) is 2. The molecule has 2 heteroatoms. The van der Waals surface area contributed by atoms with Crippen LogP contribution in [-0.4, -0.2) is 29.6 Å². The zero-order valence-corrected chi connectivity index (χ0v) is 9.64. The second kappa shape index (κ2) is 3.62. The minimum atomic E-state index is -0.698. The largest absolute Gasteiger partial charge is 0.383 e. The Morgan fingerprint density at radius 2 is 1.87 bits per heavy atom. The van der Waals surface area contributed by atoms with Gasteiger partial charge in [-0.25, -0.2) is 0 Å². The van der Waals surface area contributed by atoms with Gasteiger partial charge in [-0.2, -0.15) is 0 Å². The Morgan fingerprint density at radius 1 is 1.27 bits per heavy atom. The maximum Gasteiger partial charge on any atom is 0.109 e. The lowest BCUT2D eigenvalue weighted by Gasteiger charge is -2.33. The van der Waals surface area contributed by atoms with Gasteiger partial charge in [0.1, 0.15) is 5.60 Å². The highest BCUT2D eigenvalue weighted by atomic mass is 16.3. The molecule has 0 aromatic heterocycles. The topological polar surface area (TPSA) is 23.5 Å². The third-order valence-corrected chi connectivity index (χ3v) is 3.85. The molecule has 15 heavy (non-hydrogen) atoms. The molecule has 1 heterocycles. The second-order valence-corrected chi connectivity index (χ2v) is 4.71. The van der Waals surface area contributed by atoms with Crippen molar-refractivity contribution in [1.29, 1.82) is 0 Å². The predicted molar refractivity (Wildman–Crippen MR) is 61.6 cm³/mol. The summed E-state index contributed by atoms with van der Waals surface area (Å²) in [6.45, 7) is 5.16. The molecule has 1 N–H and O–H groups in total. The molecule has 1 fully saturated rings. The van der Waals surface area contributed by atoms with E-state index in [0.29, 0.717) is 0 Å². The summed E-state index contributed by atoms with van der Waals surface area (Å²) in [5.74, 6) is 0.278. The van der Waals surface area contributed by atoms with Gasteiger partial charge in [-0.3, -0.25) is 0 Å². The molecule has 2 nitrogen and oxygen atoms in total. The van der Waals surface area contributed by atoms with Crippen molar-refractivity contribution in [2.45, 2.75) is 25.5 Å². The molecule has 0 aliphatic carbocycles. The molecule has 1 aliphatic rings. The fourth-order valence-electron chi connectivity index (χ4n) is 2.71. The summed E-state index contributed by atoms with van der Waals surface area (Å²) < 4.78 is 0. The first-order valence-electron chi connectivity index (χ1n) is 5.55. The Morgan fingerprint density at radius 3 is 2.33 bits per heavy atom. The lowest BCUT2D eigenvalue weighted by molar-refractivity contribution is -0.0178. The maximum absolute atomic E-state index is 10.8. The van der Waals surface area contributed by atoms with Gasteiger partial charge >= 0.3 is 0 Å². The summed E-state index contributed by atoms with van der Waals surface area (Å²) in [6.07, 6.45) is 0. The third-order valence-electron chi connectivity index (χ3n) is 3.85. The lowest BCUT2D eigenvalue weighted by atomic mass is 9.81. The summed E-state index contributed by atoms with van der Waals surface area (Å²) in [5, 5.41) is 10.8. The van der Waals surface area contributed by atoms with Gasteiger partial charge in [0.25, 0.3) is 0 Å². The number of likely N-dealkylation sites (tertiary alicyclic amines) is 1. The van der Waals surface area contributed by atoms with Crippen molar-refractivity contribution in [3.63, 3.8) is 0 Å². The zero-order chi connectivity index (χ0) is 11.1. The first-order valence-corrected chi connectivity index (χ1v) is 5.55. The van der Waals surface area contributed by atoms with Crippen LogP contribution in [0.3, 0.4) is 0 Å². The molecule has 0 amide bonds. The van der Waals surface area contributed by atoms with Crippen LogP contribution in [0.2, 0.25) is 0 Å². The van der Waals surface area contributed by atoms with Gasteiger partial charge < -0.3 is 10.0 Å². The quantitative estimate of drug-likeness (QED) is 0.756. The van der Waals surface area contributed by atoms with Gasteiger partial charge in [0.05, 0.1) is 0 Å². The van der Waals surface area contributed by atoms with Crippen LogP contribution in [0.25, 0.3) is 0 Å². The van der Waals surface area contributed by atoms with E-state index in [1.54, 1.807) is 0 Å². The minimum Gasteiger partial charge on any atom is -0.383 e. The van der Waals surface area contributed by atoms with Crippen molar-refractivity contribution >= 4 is 0 Å². The van der Waals surface area contributed by atoms with Crippen LogP contribution in [0, 0.1) is 5.92 Å². The fraction of sp³-hybridized carbons (Fsp3) is 0.538. The van der Waals surface area contributed by atoms with Crippen LogP contribution in [0.1, 0.15) is 19.4 Å². The first-order chi connectivity index (χ1) is 7.06. The van der Waals surface area contributed by atoms with E-state index in [2.05, 4.69) is 25.8 Å². The molecule has 1 saturated heterocycles. The monoisotopic (exact) mass is 205 g/mol. The Balaban J connectivity index is 2.42. The third kappa shape index (κ3) is 1.48. The molecular weight excluding hydrogens is 186 g/mol. The van der Waals surface area contributed by atoms with E-state index in [0.717, 1.165) is 12.1 Å². The highest BCUT2D eigenvalue weighted by Crippen LogP contribution is 2.40. The molecule has 82 valence electrons. The number of nitrogens with zero attached hydrogens (tertiary/aromatic N) is 1. The fourth-order valence-corrected chi connectivity index (χ4v) is 2.71. The number of hydrogen-bond donors (Lipinski definition) is 1. The highest BCUT2D eigenvalue weighted by molar-refractivity contribution is 5.27. The molecular formula is C13H19NO. The summed E-state index contributed by atoms with van der Waals surface area (Å²) in [5.41, 5.74) is 0.338. The second-order valence-electron chi connectivity index (χ2n) is 4.71. The van der Waals surface area contributed by atoms with E-state index >= 15 is 0 Å². The molecule has 0 saturated carbocycles. The smallest absolute Gasteiger partial charge is 0.109 e. The highest BCUT2D eigenvalue weighted by Gasteiger charge is 2.48.